The molecule has 0 aliphatic carbocycles. The lowest BCUT2D eigenvalue weighted by Crippen LogP contribution is -2.26. The van der Waals surface area contributed by atoms with E-state index in [1.54, 1.807) is 36.4 Å². The van der Waals surface area contributed by atoms with Crippen molar-refractivity contribution < 1.29 is 19.2 Å². The number of nitrogens with one attached hydrogen (secondary N) is 1. The molecule has 0 fully saturated rings. The number of halogens is 1. The Bertz CT molecular complexity index is 1040. The Kier molecular flexibility index (Phi) is 6.16. The van der Waals surface area contributed by atoms with Gasteiger partial charge in [0.1, 0.15) is 0 Å². The number of nitro benzene ring substituents is 1. The van der Waals surface area contributed by atoms with Crippen molar-refractivity contribution in [3.63, 3.8) is 0 Å². The molecule has 1 heterocycles. The zero-order valence-corrected chi connectivity index (χ0v) is 15.6. The fourth-order valence-corrected chi connectivity index (χ4v) is 2.70. The van der Waals surface area contributed by atoms with Crippen molar-refractivity contribution in [2.75, 3.05) is 5.32 Å². The van der Waals surface area contributed by atoms with Gasteiger partial charge in [-0.3, -0.25) is 19.9 Å². The average molecular weight is 412 g/mol. The zero-order chi connectivity index (χ0) is 20.8. The molecule has 1 N–H and O–H groups in total. The van der Waals surface area contributed by atoms with E-state index in [1.165, 1.54) is 30.6 Å². The summed E-state index contributed by atoms with van der Waals surface area (Å²) in [6.07, 6.45) is 1.57. The molecule has 1 aromatic heterocycles. The SMILES string of the molecule is O=C(O[C@H](C(=O)Nc1ccc([N+](=O)[O-])cc1Cl)c1ccccc1)c1cccnc1. The number of hydrogen-bond acceptors (Lipinski definition) is 6. The highest BCUT2D eigenvalue weighted by atomic mass is 35.5. The molecule has 0 aliphatic heterocycles. The van der Waals surface area contributed by atoms with Crippen molar-refractivity contribution in [1.29, 1.82) is 0 Å². The van der Waals surface area contributed by atoms with E-state index in [1.807, 2.05) is 0 Å². The lowest BCUT2D eigenvalue weighted by atomic mass is 10.1. The van der Waals surface area contributed by atoms with Crippen LogP contribution in [0.15, 0.2) is 73.1 Å². The lowest BCUT2D eigenvalue weighted by Gasteiger charge is -2.18. The molecule has 0 aliphatic rings. The molecule has 1 atom stereocenters. The van der Waals surface area contributed by atoms with Crippen LogP contribution in [0.3, 0.4) is 0 Å². The number of ether oxygens (including phenoxy) is 1. The molecule has 1 amide bonds. The second kappa shape index (κ2) is 8.94. The lowest BCUT2D eigenvalue weighted by molar-refractivity contribution is -0.384. The summed E-state index contributed by atoms with van der Waals surface area (Å²) < 4.78 is 5.42. The molecule has 0 unspecified atom stereocenters. The highest BCUT2D eigenvalue weighted by molar-refractivity contribution is 6.34. The molecule has 2 aromatic carbocycles. The fraction of sp³-hybridized carbons (Fsp3) is 0.0500. The summed E-state index contributed by atoms with van der Waals surface area (Å²) in [6.45, 7) is 0. The minimum atomic E-state index is -1.27. The Hall–Kier alpha value is -3.78. The van der Waals surface area contributed by atoms with E-state index >= 15 is 0 Å². The van der Waals surface area contributed by atoms with E-state index in [0.717, 1.165) is 6.07 Å². The summed E-state index contributed by atoms with van der Waals surface area (Å²) >= 11 is 6.03. The van der Waals surface area contributed by atoms with Gasteiger partial charge in [-0.05, 0) is 18.2 Å². The predicted octanol–water partition coefficient (Wildman–Crippen LogP) is 4.18. The molecule has 8 nitrogen and oxygen atoms in total. The maximum absolute atomic E-state index is 12.9. The molecule has 0 radical (unpaired) electrons. The predicted molar refractivity (Wildman–Crippen MR) is 106 cm³/mol. The Labute approximate surface area is 170 Å². The number of benzene rings is 2. The molecule has 0 spiro atoms. The van der Waals surface area contributed by atoms with E-state index < -0.39 is 22.9 Å². The van der Waals surface area contributed by atoms with E-state index in [-0.39, 0.29) is 22.0 Å². The number of carbonyl (C=O) groups is 2. The third-order valence-electron chi connectivity index (χ3n) is 3.88. The van der Waals surface area contributed by atoms with Gasteiger partial charge in [-0.15, -0.1) is 0 Å². The van der Waals surface area contributed by atoms with E-state index in [2.05, 4.69) is 10.3 Å². The minimum Gasteiger partial charge on any atom is -0.444 e. The number of pyridine rings is 1. The average Bonchev–Trinajstić information content (AvgIpc) is 2.74. The van der Waals surface area contributed by atoms with Crippen LogP contribution in [-0.2, 0) is 9.53 Å². The third-order valence-corrected chi connectivity index (χ3v) is 4.20. The standard InChI is InChI=1S/C20H14ClN3O5/c21-16-11-15(24(27)28)8-9-17(16)23-19(25)18(13-5-2-1-3-6-13)29-20(26)14-7-4-10-22-12-14/h1-12,18H,(H,23,25)/t18-/m0/s1. The number of anilines is 1. The van der Waals surface area contributed by atoms with Gasteiger partial charge in [0.2, 0.25) is 6.10 Å². The number of aromatic nitrogens is 1. The highest BCUT2D eigenvalue weighted by Crippen LogP contribution is 2.28. The molecule has 3 aromatic rings. The molecule has 9 heteroatoms. The van der Waals surface area contributed by atoms with Crippen LogP contribution in [0.5, 0.6) is 0 Å². The molecule has 0 bridgehead atoms. The number of esters is 1. The van der Waals surface area contributed by atoms with Crippen LogP contribution in [0.2, 0.25) is 5.02 Å². The van der Waals surface area contributed by atoms with Crippen LogP contribution in [0.4, 0.5) is 11.4 Å². The van der Waals surface area contributed by atoms with Gasteiger partial charge in [0.25, 0.3) is 11.6 Å². The molecule has 0 saturated heterocycles. The first-order chi connectivity index (χ1) is 14.0. The van der Waals surface area contributed by atoms with Gasteiger partial charge in [0.15, 0.2) is 0 Å². The summed E-state index contributed by atoms with van der Waals surface area (Å²) in [7, 11) is 0. The first-order valence-electron chi connectivity index (χ1n) is 8.36. The van der Waals surface area contributed by atoms with Gasteiger partial charge in [0, 0.05) is 30.1 Å². The second-order valence-electron chi connectivity index (χ2n) is 5.85. The molecule has 0 saturated carbocycles. The van der Waals surface area contributed by atoms with Crippen LogP contribution in [0.1, 0.15) is 22.0 Å². The number of nitrogens with zero attached hydrogens (tertiary/aromatic N) is 2. The van der Waals surface area contributed by atoms with Crippen LogP contribution >= 0.6 is 11.6 Å². The fourth-order valence-electron chi connectivity index (χ4n) is 2.48. The summed E-state index contributed by atoms with van der Waals surface area (Å²) in [5.74, 6) is -1.39. The van der Waals surface area contributed by atoms with Crippen LogP contribution in [-0.4, -0.2) is 21.8 Å². The van der Waals surface area contributed by atoms with Gasteiger partial charge in [-0.25, -0.2) is 4.79 Å². The maximum atomic E-state index is 12.9. The quantitative estimate of drug-likeness (QED) is 0.370. The van der Waals surface area contributed by atoms with Crippen LogP contribution in [0, 0.1) is 10.1 Å². The van der Waals surface area contributed by atoms with Crippen molar-refractivity contribution in [3.05, 3.63) is 99.3 Å². The monoisotopic (exact) mass is 411 g/mol. The number of amides is 1. The topological polar surface area (TPSA) is 111 Å². The second-order valence-corrected chi connectivity index (χ2v) is 6.26. The van der Waals surface area contributed by atoms with E-state index in [4.69, 9.17) is 16.3 Å². The van der Waals surface area contributed by atoms with Crippen molar-refractivity contribution in [1.82, 2.24) is 4.98 Å². The molecule has 3 rings (SSSR count). The van der Waals surface area contributed by atoms with Gasteiger partial charge in [-0.2, -0.15) is 0 Å². The summed E-state index contributed by atoms with van der Waals surface area (Å²) in [6, 6.07) is 15.2. The largest absolute Gasteiger partial charge is 0.444 e. The minimum absolute atomic E-state index is 0.0158. The Morgan fingerprint density at radius 3 is 2.48 bits per heavy atom. The summed E-state index contributed by atoms with van der Waals surface area (Å²) in [5.41, 5.74) is 0.575. The Balaban J connectivity index is 1.85. The van der Waals surface area contributed by atoms with Crippen LogP contribution in [0.25, 0.3) is 0 Å². The molecular weight excluding hydrogens is 398 g/mol. The molecule has 29 heavy (non-hydrogen) atoms. The number of non-ortho nitro benzene ring substituents is 1. The van der Waals surface area contributed by atoms with Gasteiger partial charge >= 0.3 is 5.97 Å². The number of carbonyl (C=O) groups excluding carboxylic acids is 2. The molecular formula is C20H14ClN3O5. The van der Waals surface area contributed by atoms with Gasteiger partial charge < -0.3 is 10.1 Å². The van der Waals surface area contributed by atoms with E-state index in [0.29, 0.717) is 5.56 Å². The van der Waals surface area contributed by atoms with Crippen molar-refractivity contribution in [2.45, 2.75) is 6.10 Å². The Morgan fingerprint density at radius 2 is 1.86 bits per heavy atom. The molecule has 146 valence electrons. The van der Waals surface area contributed by atoms with Gasteiger partial charge in [0.05, 0.1) is 21.2 Å². The smallest absolute Gasteiger partial charge is 0.340 e. The number of nitro groups is 1. The van der Waals surface area contributed by atoms with Crippen molar-refractivity contribution in [2.24, 2.45) is 0 Å². The first kappa shape index (κ1) is 20.0. The summed E-state index contributed by atoms with van der Waals surface area (Å²) in [4.78, 5) is 39.4. The highest BCUT2D eigenvalue weighted by Gasteiger charge is 2.26. The third kappa shape index (κ3) is 4.94. The number of hydrogen-bond donors (Lipinski definition) is 1. The van der Waals surface area contributed by atoms with Crippen molar-refractivity contribution >= 4 is 34.9 Å². The van der Waals surface area contributed by atoms with E-state index in [9.17, 15) is 19.7 Å². The van der Waals surface area contributed by atoms with Crippen LogP contribution < -0.4 is 5.32 Å². The zero-order valence-electron chi connectivity index (χ0n) is 14.8. The maximum Gasteiger partial charge on any atom is 0.340 e. The Morgan fingerprint density at radius 1 is 1.10 bits per heavy atom. The van der Waals surface area contributed by atoms with Crippen molar-refractivity contribution in [3.8, 4) is 0 Å². The normalized spacial score (nSPS) is 11.3. The summed E-state index contributed by atoms with van der Waals surface area (Å²) in [5, 5.41) is 13.4. The first-order valence-corrected chi connectivity index (χ1v) is 8.74. The van der Waals surface area contributed by atoms with Gasteiger partial charge in [-0.1, -0.05) is 41.9 Å². The number of rotatable bonds is 6.